The van der Waals surface area contributed by atoms with Crippen LogP contribution >= 0.6 is 11.3 Å². The molecule has 0 aliphatic carbocycles. The number of halogens is 1. The highest BCUT2D eigenvalue weighted by molar-refractivity contribution is 7.13. The second kappa shape index (κ2) is 9.67. The predicted molar refractivity (Wildman–Crippen MR) is 141 cm³/mol. The number of amides is 1. The van der Waals surface area contributed by atoms with Crippen molar-refractivity contribution >= 4 is 45.0 Å². The number of nitrogens with one attached hydrogen (secondary N) is 1. The molecule has 1 N–H and O–H groups in total. The fourth-order valence-corrected chi connectivity index (χ4v) is 4.61. The molecule has 37 heavy (non-hydrogen) atoms. The Balaban J connectivity index is 1.51. The molecular formula is C28H23FN4O3S. The lowest BCUT2D eigenvalue weighted by Crippen LogP contribution is -2.24. The van der Waals surface area contributed by atoms with Gasteiger partial charge in [0.1, 0.15) is 22.1 Å². The Morgan fingerprint density at radius 1 is 1.03 bits per heavy atom. The Morgan fingerprint density at radius 3 is 2.62 bits per heavy atom. The van der Waals surface area contributed by atoms with Crippen molar-refractivity contribution in [1.82, 2.24) is 20.3 Å². The van der Waals surface area contributed by atoms with Gasteiger partial charge in [-0.3, -0.25) is 9.78 Å². The maximum absolute atomic E-state index is 13.8. The Hall–Kier alpha value is -4.24. The lowest BCUT2D eigenvalue weighted by Gasteiger charge is -2.20. The van der Waals surface area contributed by atoms with Crippen LogP contribution in [0.2, 0.25) is 0 Å². The van der Waals surface area contributed by atoms with E-state index >= 15 is 0 Å². The van der Waals surface area contributed by atoms with Crippen LogP contribution in [-0.2, 0) is 11.3 Å². The minimum atomic E-state index is -0.677. The Kier molecular flexibility index (Phi) is 6.39. The molecule has 0 bridgehead atoms. The molecule has 0 saturated heterocycles. The van der Waals surface area contributed by atoms with E-state index in [0.717, 1.165) is 10.9 Å². The molecule has 0 unspecified atom stereocenters. The van der Waals surface area contributed by atoms with Crippen LogP contribution < -0.4 is 5.32 Å². The van der Waals surface area contributed by atoms with E-state index in [-0.39, 0.29) is 17.9 Å². The number of ether oxygens (including phenoxy) is 1. The standard InChI is InChI=1S/C28H23FN4O3S/c1-28(2,3)36-27(35)19-12-17(13-22-18(19)11-16-7-4-5-9-21(16)32-22)26-33-24(15-37-26)25(34)31-14-23-20(29)8-6-10-30-23/h4-13,15H,14H2,1-3H3,(H,31,34). The van der Waals surface area contributed by atoms with Crippen molar-refractivity contribution in [2.75, 3.05) is 0 Å². The number of benzene rings is 2. The third kappa shape index (κ3) is 5.31. The van der Waals surface area contributed by atoms with Gasteiger partial charge < -0.3 is 10.1 Å². The van der Waals surface area contributed by atoms with Crippen LogP contribution in [0.1, 0.15) is 47.3 Å². The first kappa shape index (κ1) is 24.5. The average Bonchev–Trinajstić information content (AvgIpc) is 3.36. The molecule has 5 rings (SSSR count). The van der Waals surface area contributed by atoms with Gasteiger partial charge in [0.25, 0.3) is 5.91 Å². The zero-order chi connectivity index (χ0) is 26.2. The number of fused-ring (bicyclic) bond motifs is 2. The number of para-hydroxylation sites is 1. The monoisotopic (exact) mass is 514 g/mol. The number of carbonyl (C=O) groups is 2. The Labute approximate surface area is 216 Å². The number of hydrogen-bond acceptors (Lipinski definition) is 7. The minimum absolute atomic E-state index is 0.0614. The summed E-state index contributed by atoms with van der Waals surface area (Å²) in [6, 6.07) is 15.9. The highest BCUT2D eigenvalue weighted by Crippen LogP contribution is 2.32. The van der Waals surface area contributed by atoms with Crippen molar-refractivity contribution in [3.8, 4) is 10.6 Å². The molecule has 7 nitrogen and oxygen atoms in total. The molecule has 9 heteroatoms. The molecule has 186 valence electrons. The molecule has 0 aliphatic rings. The summed E-state index contributed by atoms with van der Waals surface area (Å²) >= 11 is 1.26. The fraction of sp³-hybridized carbons (Fsp3) is 0.179. The first-order valence-corrected chi connectivity index (χ1v) is 12.5. The lowest BCUT2D eigenvalue weighted by molar-refractivity contribution is 0.00717. The number of rotatable bonds is 5. The summed E-state index contributed by atoms with van der Waals surface area (Å²) in [7, 11) is 0. The van der Waals surface area contributed by atoms with E-state index < -0.39 is 23.3 Å². The summed E-state index contributed by atoms with van der Waals surface area (Å²) in [6.45, 7) is 5.38. The molecule has 0 saturated carbocycles. The first-order chi connectivity index (χ1) is 17.7. The highest BCUT2D eigenvalue weighted by atomic mass is 32.1. The summed E-state index contributed by atoms with van der Waals surface area (Å²) < 4.78 is 19.5. The van der Waals surface area contributed by atoms with Crippen LogP contribution in [0.4, 0.5) is 4.39 Å². The lowest BCUT2D eigenvalue weighted by atomic mass is 10.0. The van der Waals surface area contributed by atoms with E-state index in [1.54, 1.807) is 11.4 Å². The maximum Gasteiger partial charge on any atom is 0.339 e. The van der Waals surface area contributed by atoms with Gasteiger partial charge in [0.05, 0.1) is 28.8 Å². The van der Waals surface area contributed by atoms with Gasteiger partial charge in [0.15, 0.2) is 0 Å². The summed E-state index contributed by atoms with van der Waals surface area (Å²) in [5.74, 6) is -1.42. The Bertz CT molecular complexity index is 1660. The number of thiazole rings is 1. The van der Waals surface area contributed by atoms with Crippen molar-refractivity contribution in [3.63, 3.8) is 0 Å². The number of pyridine rings is 2. The number of esters is 1. The van der Waals surface area contributed by atoms with Crippen LogP contribution in [0.3, 0.4) is 0 Å². The normalized spacial score (nSPS) is 11.6. The van der Waals surface area contributed by atoms with E-state index in [0.29, 0.717) is 27.0 Å². The summed E-state index contributed by atoms with van der Waals surface area (Å²) in [5, 5.41) is 6.37. The fourth-order valence-electron chi connectivity index (χ4n) is 3.82. The van der Waals surface area contributed by atoms with Crippen LogP contribution in [0, 0.1) is 5.82 Å². The van der Waals surface area contributed by atoms with Gasteiger partial charge in [-0.05, 0) is 57.2 Å². The van der Waals surface area contributed by atoms with E-state index in [2.05, 4.69) is 15.3 Å². The molecule has 1 amide bonds. The SMILES string of the molecule is CC(C)(C)OC(=O)c1cc(-c2nc(C(=O)NCc3ncccc3F)cs2)cc2nc3ccccc3cc12. The van der Waals surface area contributed by atoms with Gasteiger partial charge in [-0.2, -0.15) is 0 Å². The summed E-state index contributed by atoms with van der Waals surface area (Å²) in [4.78, 5) is 39.0. The van der Waals surface area contributed by atoms with E-state index in [1.165, 1.54) is 29.7 Å². The van der Waals surface area contributed by atoms with E-state index in [4.69, 9.17) is 9.72 Å². The topological polar surface area (TPSA) is 94.1 Å². The molecule has 0 aliphatic heterocycles. The molecule has 0 spiro atoms. The van der Waals surface area contributed by atoms with Crippen LogP contribution in [-0.4, -0.2) is 32.4 Å². The molecule has 2 aromatic carbocycles. The summed E-state index contributed by atoms with van der Waals surface area (Å²) in [5.41, 5.74) is 2.06. The zero-order valence-corrected chi connectivity index (χ0v) is 21.2. The third-order valence-corrected chi connectivity index (χ3v) is 6.38. The molecule has 3 heterocycles. The molecule has 0 fully saturated rings. The van der Waals surface area contributed by atoms with Crippen molar-refractivity contribution in [1.29, 1.82) is 0 Å². The van der Waals surface area contributed by atoms with Gasteiger partial charge in [-0.15, -0.1) is 11.3 Å². The molecular weight excluding hydrogens is 491 g/mol. The largest absolute Gasteiger partial charge is 0.456 e. The number of carbonyl (C=O) groups excluding carboxylic acids is 2. The average molecular weight is 515 g/mol. The predicted octanol–water partition coefficient (Wildman–Crippen LogP) is 5.93. The zero-order valence-electron chi connectivity index (χ0n) is 20.4. The quantitative estimate of drug-likeness (QED) is 0.231. The number of hydrogen-bond donors (Lipinski definition) is 1. The van der Waals surface area contributed by atoms with Crippen molar-refractivity contribution in [2.45, 2.75) is 32.9 Å². The second-order valence-electron chi connectivity index (χ2n) is 9.43. The third-order valence-electron chi connectivity index (χ3n) is 5.49. The number of nitrogens with zero attached hydrogens (tertiary/aromatic N) is 3. The van der Waals surface area contributed by atoms with Crippen LogP contribution in [0.5, 0.6) is 0 Å². The van der Waals surface area contributed by atoms with Crippen LogP contribution in [0.15, 0.2) is 66.2 Å². The highest BCUT2D eigenvalue weighted by Gasteiger charge is 2.22. The van der Waals surface area contributed by atoms with Crippen molar-refractivity contribution in [2.24, 2.45) is 0 Å². The molecule has 3 aromatic heterocycles. The van der Waals surface area contributed by atoms with Crippen molar-refractivity contribution in [3.05, 3.63) is 88.9 Å². The van der Waals surface area contributed by atoms with Crippen molar-refractivity contribution < 1.29 is 18.7 Å². The number of aromatic nitrogens is 3. The van der Waals surface area contributed by atoms with E-state index in [1.807, 2.05) is 57.2 Å². The minimum Gasteiger partial charge on any atom is -0.456 e. The van der Waals surface area contributed by atoms with Gasteiger partial charge in [-0.1, -0.05) is 18.2 Å². The van der Waals surface area contributed by atoms with Gasteiger partial charge in [0, 0.05) is 27.9 Å². The van der Waals surface area contributed by atoms with Gasteiger partial charge in [0.2, 0.25) is 0 Å². The van der Waals surface area contributed by atoms with Gasteiger partial charge >= 0.3 is 5.97 Å². The van der Waals surface area contributed by atoms with Gasteiger partial charge in [-0.25, -0.2) is 19.2 Å². The first-order valence-electron chi connectivity index (χ1n) is 11.6. The molecule has 5 aromatic rings. The smallest absolute Gasteiger partial charge is 0.339 e. The molecule has 0 radical (unpaired) electrons. The Morgan fingerprint density at radius 2 is 1.84 bits per heavy atom. The summed E-state index contributed by atoms with van der Waals surface area (Å²) in [6.07, 6.45) is 1.46. The molecule has 0 atom stereocenters. The maximum atomic E-state index is 13.8. The van der Waals surface area contributed by atoms with E-state index in [9.17, 15) is 14.0 Å². The second-order valence-corrected chi connectivity index (χ2v) is 10.3. The van der Waals surface area contributed by atoms with Crippen LogP contribution in [0.25, 0.3) is 32.4 Å².